The van der Waals surface area contributed by atoms with E-state index in [4.69, 9.17) is 9.47 Å². The maximum Gasteiger partial charge on any atom is 0.309 e. The van der Waals surface area contributed by atoms with E-state index in [1.54, 1.807) is 0 Å². The van der Waals surface area contributed by atoms with Gasteiger partial charge in [0, 0.05) is 19.0 Å². The number of methoxy groups -OCH3 is 1. The molecule has 2 aliphatic heterocycles. The Balaban J connectivity index is 1.57. The maximum atomic E-state index is 11.7. The van der Waals surface area contributed by atoms with Gasteiger partial charge in [-0.3, -0.25) is 9.69 Å². The van der Waals surface area contributed by atoms with Crippen LogP contribution in [0.2, 0.25) is 0 Å². The van der Waals surface area contributed by atoms with Crippen molar-refractivity contribution in [2.24, 2.45) is 11.8 Å². The van der Waals surface area contributed by atoms with Crippen LogP contribution in [0.25, 0.3) is 0 Å². The van der Waals surface area contributed by atoms with Crippen LogP contribution >= 0.6 is 0 Å². The molecule has 0 aromatic carbocycles. The molecule has 4 unspecified atom stereocenters. The summed E-state index contributed by atoms with van der Waals surface area (Å²) in [6, 6.07) is 0. The van der Waals surface area contributed by atoms with Gasteiger partial charge in [0.2, 0.25) is 0 Å². The number of piperidine rings is 1. The predicted molar refractivity (Wildman–Crippen MR) is 66.9 cm³/mol. The number of carbonyl (C=O) groups is 1. The van der Waals surface area contributed by atoms with Crippen LogP contribution in [0.15, 0.2) is 0 Å². The van der Waals surface area contributed by atoms with Gasteiger partial charge in [-0.15, -0.1) is 0 Å². The van der Waals surface area contributed by atoms with Gasteiger partial charge in [0.25, 0.3) is 0 Å². The summed E-state index contributed by atoms with van der Waals surface area (Å²) in [7, 11) is 1.49. The molecule has 2 saturated heterocycles. The highest BCUT2D eigenvalue weighted by Crippen LogP contribution is 2.45. The second-order valence-corrected chi connectivity index (χ2v) is 5.81. The first-order valence-corrected chi connectivity index (χ1v) is 7.28. The molecule has 0 spiro atoms. The highest BCUT2D eigenvalue weighted by atomic mass is 16.6. The molecule has 18 heavy (non-hydrogen) atoms. The molecular formula is C14H23NO3. The van der Waals surface area contributed by atoms with Gasteiger partial charge < -0.3 is 9.47 Å². The lowest BCUT2D eigenvalue weighted by atomic mass is 9.92. The van der Waals surface area contributed by atoms with Crippen molar-refractivity contribution in [3.05, 3.63) is 0 Å². The fourth-order valence-corrected chi connectivity index (χ4v) is 3.72. The van der Waals surface area contributed by atoms with Crippen molar-refractivity contribution in [1.29, 1.82) is 0 Å². The largest absolute Gasteiger partial charge is 0.469 e. The Morgan fingerprint density at radius 3 is 2.67 bits per heavy atom. The minimum atomic E-state index is -0.0367. The molecule has 3 fully saturated rings. The number of ether oxygens (including phenoxy) is 2. The van der Waals surface area contributed by atoms with Gasteiger partial charge in [-0.25, -0.2) is 0 Å². The SMILES string of the molecule is COC(=O)C1CCCC1C1OC1N1CCCCC1. The Hall–Kier alpha value is -0.610. The molecule has 1 aliphatic carbocycles. The number of likely N-dealkylation sites (tertiary alicyclic amines) is 1. The smallest absolute Gasteiger partial charge is 0.309 e. The summed E-state index contributed by atoms with van der Waals surface area (Å²) in [4.78, 5) is 14.2. The van der Waals surface area contributed by atoms with E-state index in [-0.39, 0.29) is 18.0 Å². The summed E-state index contributed by atoms with van der Waals surface area (Å²) in [5.41, 5.74) is 0. The van der Waals surface area contributed by atoms with E-state index < -0.39 is 0 Å². The van der Waals surface area contributed by atoms with Crippen molar-refractivity contribution >= 4 is 5.97 Å². The van der Waals surface area contributed by atoms with Gasteiger partial charge in [-0.2, -0.15) is 0 Å². The van der Waals surface area contributed by atoms with Crippen LogP contribution in [0.4, 0.5) is 0 Å². The third kappa shape index (κ3) is 2.28. The fraction of sp³-hybridized carbons (Fsp3) is 0.929. The number of carbonyl (C=O) groups excluding carboxylic acids is 1. The number of epoxide rings is 1. The zero-order valence-electron chi connectivity index (χ0n) is 11.1. The van der Waals surface area contributed by atoms with Gasteiger partial charge >= 0.3 is 5.97 Å². The monoisotopic (exact) mass is 253 g/mol. The Bertz CT molecular complexity index is 314. The number of hydrogen-bond donors (Lipinski definition) is 0. The molecule has 0 amide bonds. The van der Waals surface area contributed by atoms with Crippen LogP contribution in [0, 0.1) is 11.8 Å². The molecule has 3 aliphatic rings. The average Bonchev–Trinajstić information content (AvgIpc) is 3.08. The average molecular weight is 253 g/mol. The number of esters is 1. The Labute approximate surface area is 109 Å². The first-order valence-electron chi connectivity index (χ1n) is 7.28. The van der Waals surface area contributed by atoms with Crippen LogP contribution in [-0.4, -0.2) is 43.4 Å². The van der Waals surface area contributed by atoms with Crippen molar-refractivity contribution in [3.63, 3.8) is 0 Å². The summed E-state index contributed by atoms with van der Waals surface area (Å²) in [6.45, 7) is 2.33. The number of nitrogens with zero attached hydrogens (tertiary/aromatic N) is 1. The van der Waals surface area contributed by atoms with E-state index in [9.17, 15) is 4.79 Å². The van der Waals surface area contributed by atoms with Crippen molar-refractivity contribution < 1.29 is 14.3 Å². The highest BCUT2D eigenvalue weighted by Gasteiger charge is 2.53. The van der Waals surface area contributed by atoms with Crippen molar-refractivity contribution in [2.45, 2.75) is 50.9 Å². The first-order chi connectivity index (χ1) is 8.81. The molecule has 0 N–H and O–H groups in total. The third-order valence-corrected chi connectivity index (χ3v) is 4.75. The lowest BCUT2D eigenvalue weighted by Gasteiger charge is -2.25. The summed E-state index contributed by atoms with van der Waals surface area (Å²) >= 11 is 0. The number of hydrogen-bond acceptors (Lipinski definition) is 4. The Morgan fingerprint density at radius 2 is 1.94 bits per heavy atom. The topological polar surface area (TPSA) is 42.1 Å². The quantitative estimate of drug-likeness (QED) is 0.568. The summed E-state index contributed by atoms with van der Waals surface area (Å²) in [5, 5.41) is 0. The lowest BCUT2D eigenvalue weighted by molar-refractivity contribution is -0.146. The Kier molecular flexibility index (Phi) is 3.57. The van der Waals surface area contributed by atoms with E-state index in [0.29, 0.717) is 12.1 Å². The minimum Gasteiger partial charge on any atom is -0.469 e. The second kappa shape index (κ2) is 5.17. The van der Waals surface area contributed by atoms with Crippen LogP contribution in [0.1, 0.15) is 38.5 Å². The van der Waals surface area contributed by atoms with E-state index >= 15 is 0 Å². The molecule has 1 saturated carbocycles. The molecule has 0 aromatic rings. The van der Waals surface area contributed by atoms with Gasteiger partial charge in [-0.05, 0) is 25.7 Å². The van der Waals surface area contributed by atoms with Crippen molar-refractivity contribution in [3.8, 4) is 0 Å². The van der Waals surface area contributed by atoms with E-state index in [2.05, 4.69) is 4.90 Å². The molecule has 0 radical (unpaired) electrons. The molecule has 3 rings (SSSR count). The summed E-state index contributed by atoms with van der Waals surface area (Å²) < 4.78 is 10.8. The van der Waals surface area contributed by atoms with E-state index in [1.165, 1.54) is 26.4 Å². The van der Waals surface area contributed by atoms with Gasteiger partial charge in [0.1, 0.15) is 12.3 Å². The van der Waals surface area contributed by atoms with Gasteiger partial charge in [0.15, 0.2) is 0 Å². The first kappa shape index (κ1) is 12.4. The summed E-state index contributed by atoms with van der Waals surface area (Å²) in [6.07, 6.45) is 7.74. The predicted octanol–water partition coefficient (Wildman–Crippen LogP) is 1.79. The molecule has 0 aromatic heterocycles. The summed E-state index contributed by atoms with van der Waals surface area (Å²) in [5.74, 6) is 0.435. The standard InChI is InChI=1S/C14H23NO3/c1-17-14(16)11-7-5-6-10(11)12-13(18-12)15-8-3-2-4-9-15/h10-13H,2-9H2,1H3. The van der Waals surface area contributed by atoms with Crippen molar-refractivity contribution in [1.82, 2.24) is 4.90 Å². The molecule has 4 nitrogen and oxygen atoms in total. The van der Waals surface area contributed by atoms with Crippen LogP contribution in [0.5, 0.6) is 0 Å². The van der Waals surface area contributed by atoms with Crippen LogP contribution in [0.3, 0.4) is 0 Å². The van der Waals surface area contributed by atoms with Gasteiger partial charge in [-0.1, -0.05) is 12.8 Å². The molecule has 4 heteroatoms. The van der Waals surface area contributed by atoms with Crippen molar-refractivity contribution in [2.75, 3.05) is 20.2 Å². The third-order valence-electron chi connectivity index (χ3n) is 4.75. The van der Waals surface area contributed by atoms with E-state index in [1.807, 2.05) is 0 Å². The maximum absolute atomic E-state index is 11.7. The fourth-order valence-electron chi connectivity index (χ4n) is 3.72. The zero-order chi connectivity index (χ0) is 12.5. The second-order valence-electron chi connectivity index (χ2n) is 5.81. The van der Waals surface area contributed by atoms with Gasteiger partial charge in [0.05, 0.1) is 13.0 Å². The Morgan fingerprint density at radius 1 is 1.17 bits per heavy atom. The van der Waals surface area contributed by atoms with Crippen LogP contribution in [-0.2, 0) is 14.3 Å². The van der Waals surface area contributed by atoms with E-state index in [0.717, 1.165) is 32.4 Å². The van der Waals surface area contributed by atoms with Crippen LogP contribution < -0.4 is 0 Å². The molecule has 2 heterocycles. The molecule has 102 valence electrons. The minimum absolute atomic E-state index is 0.0367. The molecule has 0 bridgehead atoms. The zero-order valence-corrected chi connectivity index (χ0v) is 11.1. The highest BCUT2D eigenvalue weighted by molar-refractivity contribution is 5.73. The molecule has 4 atom stereocenters. The molecular weight excluding hydrogens is 230 g/mol. The normalized spacial score (nSPS) is 40.7. The number of rotatable bonds is 3. The lowest BCUT2D eigenvalue weighted by Crippen LogP contribution is -2.35.